The molecule has 0 aliphatic carbocycles. The van der Waals surface area contributed by atoms with Crippen molar-refractivity contribution in [2.24, 2.45) is 0 Å². The van der Waals surface area contributed by atoms with Crippen molar-refractivity contribution in [1.29, 1.82) is 0 Å². The van der Waals surface area contributed by atoms with Gasteiger partial charge in [0.15, 0.2) is 0 Å². The van der Waals surface area contributed by atoms with Crippen LogP contribution >= 0.6 is 0 Å². The van der Waals surface area contributed by atoms with Crippen molar-refractivity contribution in [2.45, 2.75) is 59.8 Å². The number of hydrogen-bond acceptors (Lipinski definition) is 2. The second kappa shape index (κ2) is 13.8. The predicted octanol–water partition coefficient (Wildman–Crippen LogP) is 6.93. The SMILES string of the molecule is C=C.CCC1CN(C(=O)c2c(F)cccc2F)c2c1ccc(C)c2C.CCCNCCC. The molecule has 0 fully saturated rings. The summed E-state index contributed by atoms with van der Waals surface area (Å²) in [6.07, 6.45) is 3.37. The second-order valence-corrected chi connectivity index (χ2v) is 7.81. The lowest BCUT2D eigenvalue weighted by Gasteiger charge is -2.21. The average Bonchev–Trinajstić information content (AvgIpc) is 3.18. The van der Waals surface area contributed by atoms with Gasteiger partial charge in [-0.1, -0.05) is 39.0 Å². The minimum absolute atomic E-state index is 0.197. The van der Waals surface area contributed by atoms with E-state index in [2.05, 4.69) is 39.2 Å². The van der Waals surface area contributed by atoms with Gasteiger partial charge in [0, 0.05) is 12.5 Å². The van der Waals surface area contributed by atoms with Crippen LogP contribution in [-0.4, -0.2) is 25.5 Å². The molecule has 0 saturated heterocycles. The molecule has 5 heteroatoms. The fourth-order valence-electron chi connectivity index (χ4n) is 3.77. The first-order chi connectivity index (χ1) is 15.4. The van der Waals surface area contributed by atoms with Gasteiger partial charge >= 0.3 is 0 Å². The van der Waals surface area contributed by atoms with Crippen LogP contribution in [0.3, 0.4) is 0 Å². The Kier molecular flexibility index (Phi) is 11.9. The van der Waals surface area contributed by atoms with Crippen molar-refractivity contribution in [3.8, 4) is 0 Å². The van der Waals surface area contributed by atoms with Gasteiger partial charge in [-0.15, -0.1) is 13.2 Å². The van der Waals surface area contributed by atoms with Crippen LogP contribution in [0.25, 0.3) is 0 Å². The van der Waals surface area contributed by atoms with Gasteiger partial charge in [-0.05, 0) is 75.0 Å². The Bertz CT molecular complexity index is 858. The number of rotatable bonds is 6. The lowest BCUT2D eigenvalue weighted by Crippen LogP contribution is -2.31. The Morgan fingerprint density at radius 3 is 2.09 bits per heavy atom. The van der Waals surface area contributed by atoms with Crippen molar-refractivity contribution < 1.29 is 13.6 Å². The first-order valence-electron chi connectivity index (χ1n) is 11.4. The molecular weight excluding hydrogens is 406 g/mol. The normalized spacial score (nSPS) is 14.1. The van der Waals surface area contributed by atoms with Crippen molar-refractivity contribution >= 4 is 11.6 Å². The third-order valence-corrected chi connectivity index (χ3v) is 5.61. The molecule has 0 bridgehead atoms. The number of carbonyl (C=O) groups is 1. The maximum absolute atomic E-state index is 14.0. The maximum Gasteiger partial charge on any atom is 0.264 e. The smallest absolute Gasteiger partial charge is 0.264 e. The third kappa shape index (κ3) is 6.49. The molecule has 32 heavy (non-hydrogen) atoms. The maximum atomic E-state index is 14.0. The molecule has 1 unspecified atom stereocenters. The highest BCUT2D eigenvalue weighted by Gasteiger charge is 2.35. The van der Waals surface area contributed by atoms with E-state index in [-0.39, 0.29) is 5.92 Å². The molecule has 2 aromatic rings. The van der Waals surface area contributed by atoms with Crippen LogP contribution in [0.2, 0.25) is 0 Å². The summed E-state index contributed by atoms with van der Waals surface area (Å²) in [7, 11) is 0. The first kappa shape index (κ1) is 27.5. The zero-order chi connectivity index (χ0) is 24.3. The van der Waals surface area contributed by atoms with E-state index in [1.54, 1.807) is 0 Å². The molecule has 1 aliphatic rings. The van der Waals surface area contributed by atoms with E-state index in [1.807, 2.05) is 26.0 Å². The molecule has 0 saturated carbocycles. The monoisotopic (exact) mass is 444 g/mol. The molecule has 1 atom stereocenters. The number of benzene rings is 2. The van der Waals surface area contributed by atoms with Crippen LogP contribution < -0.4 is 10.2 Å². The summed E-state index contributed by atoms with van der Waals surface area (Å²) in [5.74, 6) is -2.04. The quantitative estimate of drug-likeness (QED) is 0.387. The van der Waals surface area contributed by atoms with E-state index < -0.39 is 23.1 Å². The van der Waals surface area contributed by atoms with E-state index >= 15 is 0 Å². The summed E-state index contributed by atoms with van der Waals surface area (Å²) in [5.41, 5.74) is 3.47. The molecule has 1 aliphatic heterocycles. The minimum Gasteiger partial charge on any atom is -0.317 e. The molecular formula is C27H38F2N2O. The van der Waals surface area contributed by atoms with Crippen LogP contribution in [0.15, 0.2) is 43.5 Å². The van der Waals surface area contributed by atoms with Gasteiger partial charge in [0.25, 0.3) is 5.91 Å². The van der Waals surface area contributed by atoms with Gasteiger partial charge in [-0.3, -0.25) is 4.79 Å². The first-order valence-corrected chi connectivity index (χ1v) is 11.4. The number of nitrogens with one attached hydrogen (secondary N) is 1. The van der Waals surface area contributed by atoms with Crippen molar-refractivity contribution in [2.75, 3.05) is 24.5 Å². The molecule has 0 radical (unpaired) electrons. The van der Waals surface area contributed by atoms with Crippen LogP contribution in [0.1, 0.15) is 73.0 Å². The third-order valence-electron chi connectivity index (χ3n) is 5.61. The van der Waals surface area contributed by atoms with Crippen molar-refractivity contribution in [3.05, 3.63) is 77.4 Å². The Labute approximate surface area is 192 Å². The topological polar surface area (TPSA) is 32.3 Å². The van der Waals surface area contributed by atoms with E-state index in [9.17, 15) is 13.6 Å². The van der Waals surface area contributed by atoms with Crippen molar-refractivity contribution in [3.63, 3.8) is 0 Å². The fraction of sp³-hybridized carbons (Fsp3) is 0.444. The molecule has 3 rings (SSSR count). The molecule has 0 spiro atoms. The number of anilines is 1. The number of fused-ring (bicyclic) bond motifs is 1. The lowest BCUT2D eigenvalue weighted by molar-refractivity contribution is 0.0980. The summed E-state index contributed by atoms with van der Waals surface area (Å²) in [5, 5.41) is 3.28. The van der Waals surface area contributed by atoms with E-state index in [0.29, 0.717) is 6.54 Å². The molecule has 176 valence electrons. The van der Waals surface area contributed by atoms with E-state index in [4.69, 9.17) is 0 Å². The Balaban J connectivity index is 0.000000488. The van der Waals surface area contributed by atoms with Crippen LogP contribution in [0.4, 0.5) is 14.5 Å². The van der Waals surface area contributed by atoms with Crippen LogP contribution in [0.5, 0.6) is 0 Å². The average molecular weight is 445 g/mol. The largest absolute Gasteiger partial charge is 0.317 e. The zero-order valence-corrected chi connectivity index (χ0v) is 20.2. The van der Waals surface area contributed by atoms with Gasteiger partial charge < -0.3 is 10.2 Å². The second-order valence-electron chi connectivity index (χ2n) is 7.81. The molecule has 1 amide bonds. The zero-order valence-electron chi connectivity index (χ0n) is 20.2. The summed E-state index contributed by atoms with van der Waals surface area (Å²) < 4.78 is 28.0. The summed E-state index contributed by atoms with van der Waals surface area (Å²) in [4.78, 5) is 14.4. The van der Waals surface area contributed by atoms with Gasteiger partial charge in [0.05, 0.1) is 5.69 Å². The van der Waals surface area contributed by atoms with E-state index in [0.717, 1.165) is 40.9 Å². The number of aryl methyl sites for hydroxylation is 1. The van der Waals surface area contributed by atoms with Gasteiger partial charge in [-0.2, -0.15) is 0 Å². The molecule has 1 N–H and O–H groups in total. The Hall–Kier alpha value is -2.53. The molecule has 2 aromatic carbocycles. The lowest BCUT2D eigenvalue weighted by atomic mass is 9.95. The summed E-state index contributed by atoms with van der Waals surface area (Å²) >= 11 is 0. The molecule has 0 aromatic heterocycles. The van der Waals surface area contributed by atoms with E-state index in [1.165, 1.54) is 36.9 Å². The van der Waals surface area contributed by atoms with Gasteiger partial charge in [0.1, 0.15) is 17.2 Å². The molecule has 1 heterocycles. The highest BCUT2D eigenvalue weighted by molar-refractivity contribution is 6.08. The van der Waals surface area contributed by atoms with Crippen LogP contribution in [0, 0.1) is 25.5 Å². The van der Waals surface area contributed by atoms with Crippen LogP contribution in [-0.2, 0) is 0 Å². The minimum atomic E-state index is -0.818. The molecule has 3 nitrogen and oxygen atoms in total. The summed E-state index contributed by atoms with van der Waals surface area (Å²) in [6, 6.07) is 7.57. The number of halogens is 2. The standard InChI is InChI=1S/C19H19F2NO.C6H15N.C2H4/c1-4-13-10-22(18-12(3)11(2)8-9-14(13)18)19(23)17-15(20)6-5-7-16(17)21;1-3-5-7-6-4-2;1-2/h5-9,13H,4,10H2,1-3H3;7H,3-6H2,1-2H3;1-2H2. The Morgan fingerprint density at radius 1 is 1.03 bits per heavy atom. The van der Waals surface area contributed by atoms with Gasteiger partial charge in [-0.25, -0.2) is 8.78 Å². The number of hydrogen-bond donors (Lipinski definition) is 1. The highest BCUT2D eigenvalue weighted by atomic mass is 19.1. The number of nitrogens with zero attached hydrogens (tertiary/aromatic N) is 1. The highest BCUT2D eigenvalue weighted by Crippen LogP contribution is 2.42. The Morgan fingerprint density at radius 2 is 1.59 bits per heavy atom. The predicted molar refractivity (Wildman–Crippen MR) is 132 cm³/mol. The summed E-state index contributed by atoms with van der Waals surface area (Å²) in [6.45, 7) is 19.2. The fourth-order valence-corrected chi connectivity index (χ4v) is 3.77. The number of amides is 1. The number of carbonyl (C=O) groups excluding carboxylic acids is 1. The van der Waals surface area contributed by atoms with Crippen molar-refractivity contribution in [1.82, 2.24) is 5.32 Å². The van der Waals surface area contributed by atoms with Gasteiger partial charge in [0.2, 0.25) is 0 Å².